The fraction of sp³-hybridized carbons (Fsp3) is 0.200. The Bertz CT molecular complexity index is 643. The van der Waals surface area contributed by atoms with Crippen molar-refractivity contribution in [3.63, 3.8) is 0 Å². The van der Waals surface area contributed by atoms with E-state index in [1.54, 1.807) is 0 Å². The highest BCUT2D eigenvalue weighted by atomic mass is 35.5. The molecule has 1 unspecified atom stereocenters. The number of methoxy groups -OCH3 is 1. The smallest absolute Gasteiger partial charge is 0.134 e. The van der Waals surface area contributed by atoms with Gasteiger partial charge >= 0.3 is 0 Å². The number of aryl methyl sites for hydroxylation is 1. The number of rotatable bonds is 3. The van der Waals surface area contributed by atoms with E-state index in [2.05, 4.69) is 0 Å². The predicted octanol–water partition coefficient (Wildman–Crippen LogP) is 4.75. The topological polar surface area (TPSA) is 9.23 Å². The van der Waals surface area contributed by atoms with Crippen molar-refractivity contribution in [3.8, 4) is 5.75 Å². The molecule has 0 aliphatic rings. The van der Waals surface area contributed by atoms with Crippen molar-refractivity contribution in [2.45, 2.75) is 12.3 Å². The number of halogens is 4. The van der Waals surface area contributed by atoms with Crippen molar-refractivity contribution >= 4 is 11.6 Å². The van der Waals surface area contributed by atoms with Crippen LogP contribution >= 0.6 is 11.6 Å². The molecule has 2 aromatic rings. The Kier molecular flexibility index (Phi) is 4.23. The SMILES string of the molecule is COc1ccc(F)cc1C(Cl)c1c(F)ccc(C)c1F. The number of hydrogen-bond acceptors (Lipinski definition) is 1. The van der Waals surface area contributed by atoms with Crippen LogP contribution in [-0.4, -0.2) is 7.11 Å². The third-order valence-electron chi connectivity index (χ3n) is 3.04. The predicted molar refractivity (Wildman–Crippen MR) is 71.7 cm³/mol. The molecule has 0 aliphatic carbocycles. The van der Waals surface area contributed by atoms with E-state index in [0.29, 0.717) is 0 Å². The molecule has 0 saturated carbocycles. The molecule has 20 heavy (non-hydrogen) atoms. The van der Waals surface area contributed by atoms with Gasteiger partial charge in [-0.05, 0) is 36.8 Å². The van der Waals surface area contributed by atoms with Gasteiger partial charge in [0.05, 0.1) is 12.5 Å². The van der Waals surface area contributed by atoms with E-state index in [4.69, 9.17) is 16.3 Å². The molecule has 0 saturated heterocycles. The summed E-state index contributed by atoms with van der Waals surface area (Å²) in [5, 5.41) is -1.18. The first kappa shape index (κ1) is 14.7. The zero-order valence-corrected chi connectivity index (χ0v) is 11.6. The summed E-state index contributed by atoms with van der Waals surface area (Å²) in [4.78, 5) is 0. The van der Waals surface area contributed by atoms with Gasteiger partial charge in [-0.15, -0.1) is 11.6 Å². The summed E-state index contributed by atoms with van der Waals surface area (Å²) in [6.07, 6.45) is 0. The number of hydrogen-bond donors (Lipinski definition) is 0. The van der Waals surface area contributed by atoms with Gasteiger partial charge in [0, 0.05) is 11.1 Å². The summed E-state index contributed by atoms with van der Waals surface area (Å²) in [7, 11) is 1.38. The van der Waals surface area contributed by atoms with Crippen LogP contribution in [0.25, 0.3) is 0 Å². The van der Waals surface area contributed by atoms with Gasteiger partial charge in [0.15, 0.2) is 0 Å². The van der Waals surface area contributed by atoms with Gasteiger partial charge in [-0.3, -0.25) is 0 Å². The molecule has 0 bridgehead atoms. The van der Waals surface area contributed by atoms with Gasteiger partial charge in [-0.25, -0.2) is 13.2 Å². The van der Waals surface area contributed by atoms with Crippen molar-refractivity contribution in [3.05, 3.63) is 64.5 Å². The molecule has 106 valence electrons. The average Bonchev–Trinajstić information content (AvgIpc) is 2.43. The molecule has 0 heterocycles. The van der Waals surface area contributed by atoms with Crippen LogP contribution in [0.2, 0.25) is 0 Å². The minimum Gasteiger partial charge on any atom is -0.496 e. The van der Waals surface area contributed by atoms with Gasteiger partial charge in [-0.2, -0.15) is 0 Å². The molecule has 0 spiro atoms. The molecule has 1 nitrogen and oxygen atoms in total. The van der Waals surface area contributed by atoms with Crippen LogP contribution in [0.5, 0.6) is 5.75 Å². The number of benzene rings is 2. The molecule has 2 rings (SSSR count). The Labute approximate surface area is 119 Å². The first-order chi connectivity index (χ1) is 9.45. The van der Waals surface area contributed by atoms with Gasteiger partial charge in [-0.1, -0.05) is 6.07 Å². The lowest BCUT2D eigenvalue weighted by Crippen LogP contribution is -2.05. The lowest BCUT2D eigenvalue weighted by atomic mass is 10.00. The molecular weight excluding hydrogens is 289 g/mol. The molecule has 5 heteroatoms. The van der Waals surface area contributed by atoms with E-state index in [1.807, 2.05) is 0 Å². The Morgan fingerprint density at radius 2 is 1.80 bits per heavy atom. The van der Waals surface area contributed by atoms with Gasteiger partial charge in [0.2, 0.25) is 0 Å². The van der Waals surface area contributed by atoms with Crippen molar-refractivity contribution in [2.24, 2.45) is 0 Å². The molecular formula is C15H12ClF3O. The maximum absolute atomic E-state index is 14.1. The molecule has 1 atom stereocenters. The minimum atomic E-state index is -1.18. The van der Waals surface area contributed by atoms with Crippen molar-refractivity contribution in [1.82, 2.24) is 0 Å². The van der Waals surface area contributed by atoms with E-state index >= 15 is 0 Å². The Morgan fingerprint density at radius 1 is 1.10 bits per heavy atom. The standard InChI is InChI=1S/C15H12ClF3O/c1-8-3-5-11(18)13(15(8)19)14(16)10-7-9(17)4-6-12(10)20-2/h3-7,14H,1-2H3. The van der Waals surface area contributed by atoms with E-state index in [-0.39, 0.29) is 22.4 Å². The first-order valence-electron chi connectivity index (χ1n) is 5.87. The van der Waals surface area contributed by atoms with E-state index in [9.17, 15) is 13.2 Å². The van der Waals surface area contributed by atoms with Crippen LogP contribution in [0.3, 0.4) is 0 Å². The van der Waals surface area contributed by atoms with Crippen LogP contribution in [0.1, 0.15) is 22.1 Å². The lowest BCUT2D eigenvalue weighted by molar-refractivity contribution is 0.408. The number of alkyl halides is 1. The van der Waals surface area contributed by atoms with Crippen LogP contribution in [-0.2, 0) is 0 Å². The second-order valence-electron chi connectivity index (χ2n) is 4.34. The molecule has 0 N–H and O–H groups in total. The Morgan fingerprint density at radius 3 is 2.45 bits per heavy atom. The molecule has 0 aromatic heterocycles. The number of ether oxygens (including phenoxy) is 1. The van der Waals surface area contributed by atoms with Crippen LogP contribution in [0.4, 0.5) is 13.2 Å². The Balaban J connectivity index is 2.60. The fourth-order valence-corrected chi connectivity index (χ4v) is 2.34. The summed E-state index contributed by atoms with van der Waals surface area (Å²) >= 11 is 6.14. The quantitative estimate of drug-likeness (QED) is 0.743. The summed E-state index contributed by atoms with van der Waals surface area (Å²) in [5.74, 6) is -1.80. The monoisotopic (exact) mass is 300 g/mol. The van der Waals surface area contributed by atoms with Gasteiger partial charge in [0.25, 0.3) is 0 Å². The maximum Gasteiger partial charge on any atom is 0.134 e. The van der Waals surface area contributed by atoms with E-state index in [0.717, 1.165) is 12.1 Å². The zero-order chi connectivity index (χ0) is 14.9. The van der Waals surface area contributed by atoms with E-state index in [1.165, 1.54) is 32.2 Å². The largest absolute Gasteiger partial charge is 0.496 e. The van der Waals surface area contributed by atoms with E-state index < -0.39 is 22.8 Å². The molecule has 0 fully saturated rings. The van der Waals surface area contributed by atoms with Crippen molar-refractivity contribution in [2.75, 3.05) is 7.11 Å². The average molecular weight is 301 g/mol. The zero-order valence-electron chi connectivity index (χ0n) is 10.9. The molecule has 0 amide bonds. The summed E-state index contributed by atoms with van der Waals surface area (Å²) < 4.78 is 46.3. The first-order valence-corrected chi connectivity index (χ1v) is 6.31. The van der Waals surface area contributed by atoms with Crippen LogP contribution in [0.15, 0.2) is 30.3 Å². The van der Waals surface area contributed by atoms with Crippen molar-refractivity contribution < 1.29 is 17.9 Å². The van der Waals surface area contributed by atoms with Crippen molar-refractivity contribution in [1.29, 1.82) is 0 Å². The maximum atomic E-state index is 14.1. The second-order valence-corrected chi connectivity index (χ2v) is 4.78. The lowest BCUT2D eigenvalue weighted by Gasteiger charge is -2.16. The third-order valence-corrected chi connectivity index (χ3v) is 3.49. The second kappa shape index (κ2) is 5.75. The highest BCUT2D eigenvalue weighted by Gasteiger charge is 2.24. The minimum absolute atomic E-state index is 0.178. The highest BCUT2D eigenvalue weighted by molar-refractivity contribution is 6.22. The highest BCUT2D eigenvalue weighted by Crippen LogP contribution is 2.38. The Hall–Kier alpha value is -1.68. The third kappa shape index (κ3) is 2.61. The van der Waals surface area contributed by atoms with Gasteiger partial charge < -0.3 is 4.74 Å². The van der Waals surface area contributed by atoms with Crippen LogP contribution in [0, 0.1) is 24.4 Å². The summed E-state index contributed by atoms with van der Waals surface area (Å²) in [6, 6.07) is 6.12. The fourth-order valence-electron chi connectivity index (χ4n) is 1.97. The normalized spacial score (nSPS) is 12.3. The molecule has 2 aromatic carbocycles. The van der Waals surface area contributed by atoms with Crippen LogP contribution < -0.4 is 4.74 Å². The molecule has 0 aliphatic heterocycles. The summed E-state index contributed by atoms with van der Waals surface area (Å²) in [6.45, 7) is 1.50. The van der Waals surface area contributed by atoms with Gasteiger partial charge in [0.1, 0.15) is 23.2 Å². The molecule has 0 radical (unpaired) electrons. The summed E-state index contributed by atoms with van der Waals surface area (Å²) in [5.41, 5.74) is 0.135.